The lowest BCUT2D eigenvalue weighted by molar-refractivity contribution is -0.156. The van der Waals surface area contributed by atoms with Gasteiger partial charge in [0, 0.05) is 5.92 Å². The van der Waals surface area contributed by atoms with Gasteiger partial charge in [-0.1, -0.05) is 91.0 Å². The molecule has 3 rings (SSSR count). The minimum Gasteiger partial charge on any atom is -0.481 e. The van der Waals surface area contributed by atoms with Gasteiger partial charge in [0.25, 0.3) is 0 Å². The van der Waals surface area contributed by atoms with E-state index in [0.29, 0.717) is 6.42 Å². The standard InChI is InChI=1S/C26H27NO3/c27-19-24(28)23(16-20-10-4-1-5-11-20)26(25(29)30,17-21-12-6-2-7-13-21)18-22-14-8-3-9-15-22/h1-15,23H,16-19,27H2,(H,29,30). The van der Waals surface area contributed by atoms with E-state index in [1.165, 1.54) is 0 Å². The molecule has 0 spiro atoms. The SMILES string of the molecule is NCC(=O)C(Cc1ccccc1)C(Cc1ccccc1)(Cc1ccccc1)C(=O)O. The van der Waals surface area contributed by atoms with Crippen LogP contribution in [0.2, 0.25) is 0 Å². The fraction of sp³-hybridized carbons (Fsp3) is 0.231. The van der Waals surface area contributed by atoms with Crippen molar-refractivity contribution in [3.8, 4) is 0 Å². The Hall–Kier alpha value is -3.24. The highest BCUT2D eigenvalue weighted by atomic mass is 16.4. The van der Waals surface area contributed by atoms with Crippen LogP contribution in [0.1, 0.15) is 16.7 Å². The van der Waals surface area contributed by atoms with E-state index in [1.54, 1.807) is 0 Å². The van der Waals surface area contributed by atoms with Crippen molar-refractivity contribution in [2.24, 2.45) is 17.1 Å². The Bertz CT molecular complexity index is 914. The van der Waals surface area contributed by atoms with Gasteiger partial charge in [-0.3, -0.25) is 9.59 Å². The summed E-state index contributed by atoms with van der Waals surface area (Å²) in [4.78, 5) is 25.9. The van der Waals surface area contributed by atoms with Gasteiger partial charge in [-0.2, -0.15) is 0 Å². The number of carboxylic acid groups (broad SMARTS) is 1. The number of Topliss-reactive ketones (excluding diaryl/α,β-unsaturated/α-hetero) is 1. The number of rotatable bonds is 10. The van der Waals surface area contributed by atoms with Crippen LogP contribution in [0, 0.1) is 11.3 Å². The number of ketones is 1. The summed E-state index contributed by atoms with van der Waals surface area (Å²) < 4.78 is 0. The molecule has 0 bridgehead atoms. The van der Waals surface area contributed by atoms with E-state index in [0.717, 1.165) is 16.7 Å². The minimum atomic E-state index is -1.31. The zero-order valence-corrected chi connectivity index (χ0v) is 16.9. The van der Waals surface area contributed by atoms with Crippen LogP contribution in [0.4, 0.5) is 0 Å². The Morgan fingerprint density at radius 3 is 1.50 bits per heavy atom. The predicted octanol–water partition coefficient (Wildman–Crippen LogP) is 3.93. The topological polar surface area (TPSA) is 80.4 Å². The van der Waals surface area contributed by atoms with Crippen molar-refractivity contribution in [2.75, 3.05) is 6.54 Å². The molecule has 1 unspecified atom stereocenters. The van der Waals surface area contributed by atoms with Gasteiger partial charge in [0.15, 0.2) is 5.78 Å². The van der Waals surface area contributed by atoms with Gasteiger partial charge >= 0.3 is 5.97 Å². The van der Waals surface area contributed by atoms with Crippen molar-refractivity contribution >= 4 is 11.8 Å². The first-order chi connectivity index (χ1) is 14.5. The number of carboxylic acids is 1. The maximum absolute atomic E-state index is 13.1. The van der Waals surface area contributed by atoms with Gasteiger partial charge in [-0.05, 0) is 36.0 Å². The maximum Gasteiger partial charge on any atom is 0.311 e. The molecule has 0 aliphatic heterocycles. The van der Waals surface area contributed by atoms with E-state index in [-0.39, 0.29) is 25.2 Å². The third-order valence-corrected chi connectivity index (χ3v) is 5.69. The smallest absolute Gasteiger partial charge is 0.311 e. The first kappa shape index (κ1) is 21.5. The number of benzene rings is 3. The molecular formula is C26H27NO3. The molecule has 0 amide bonds. The van der Waals surface area contributed by atoms with Gasteiger partial charge in [0.1, 0.15) is 0 Å². The molecule has 154 valence electrons. The number of carbonyl (C=O) groups is 2. The van der Waals surface area contributed by atoms with Crippen molar-refractivity contribution < 1.29 is 14.7 Å². The first-order valence-corrected chi connectivity index (χ1v) is 10.1. The van der Waals surface area contributed by atoms with Crippen molar-refractivity contribution in [1.82, 2.24) is 0 Å². The van der Waals surface area contributed by atoms with Crippen LogP contribution < -0.4 is 5.73 Å². The summed E-state index contributed by atoms with van der Waals surface area (Å²) in [5.41, 5.74) is 7.16. The molecule has 0 aromatic heterocycles. The lowest BCUT2D eigenvalue weighted by Crippen LogP contribution is -2.48. The number of hydrogen-bond donors (Lipinski definition) is 2. The van der Waals surface area contributed by atoms with E-state index < -0.39 is 17.3 Å². The molecule has 3 N–H and O–H groups in total. The summed E-state index contributed by atoms with van der Waals surface area (Å²) in [5, 5.41) is 10.5. The molecule has 4 heteroatoms. The van der Waals surface area contributed by atoms with Crippen LogP contribution in [0.5, 0.6) is 0 Å². The zero-order valence-electron chi connectivity index (χ0n) is 16.9. The summed E-state index contributed by atoms with van der Waals surface area (Å²) in [6, 6.07) is 28.6. The monoisotopic (exact) mass is 401 g/mol. The van der Waals surface area contributed by atoms with E-state index in [2.05, 4.69) is 0 Å². The van der Waals surface area contributed by atoms with Crippen LogP contribution in [0.15, 0.2) is 91.0 Å². The average Bonchev–Trinajstić information content (AvgIpc) is 2.78. The molecule has 3 aromatic carbocycles. The van der Waals surface area contributed by atoms with Crippen molar-refractivity contribution in [2.45, 2.75) is 19.3 Å². The van der Waals surface area contributed by atoms with Crippen LogP contribution in [-0.4, -0.2) is 23.4 Å². The van der Waals surface area contributed by atoms with Crippen LogP contribution in [0.3, 0.4) is 0 Å². The van der Waals surface area contributed by atoms with Crippen molar-refractivity contribution in [1.29, 1.82) is 0 Å². The molecule has 3 aromatic rings. The highest BCUT2D eigenvalue weighted by Gasteiger charge is 2.48. The molecule has 0 fully saturated rings. The van der Waals surface area contributed by atoms with E-state index in [9.17, 15) is 14.7 Å². The third-order valence-electron chi connectivity index (χ3n) is 5.69. The third kappa shape index (κ3) is 5.02. The number of nitrogens with two attached hydrogens (primary N) is 1. The molecule has 0 saturated heterocycles. The molecule has 1 atom stereocenters. The Morgan fingerprint density at radius 1 is 0.733 bits per heavy atom. The second-order valence-electron chi connectivity index (χ2n) is 7.70. The second kappa shape index (κ2) is 9.99. The number of hydrogen-bond acceptors (Lipinski definition) is 3. The lowest BCUT2D eigenvalue weighted by atomic mass is 9.64. The summed E-state index contributed by atoms with van der Waals surface area (Å²) in [5.74, 6) is -1.95. The number of carbonyl (C=O) groups excluding carboxylic acids is 1. The lowest BCUT2D eigenvalue weighted by Gasteiger charge is -2.37. The van der Waals surface area contributed by atoms with Gasteiger partial charge in [-0.15, -0.1) is 0 Å². The molecule has 30 heavy (non-hydrogen) atoms. The van der Waals surface area contributed by atoms with Gasteiger partial charge < -0.3 is 10.8 Å². The molecule has 0 aliphatic rings. The van der Waals surface area contributed by atoms with Crippen molar-refractivity contribution in [3.05, 3.63) is 108 Å². The van der Waals surface area contributed by atoms with Crippen LogP contribution >= 0.6 is 0 Å². The zero-order chi connectivity index (χ0) is 21.4. The fourth-order valence-electron chi connectivity index (χ4n) is 4.14. The molecule has 4 nitrogen and oxygen atoms in total. The maximum atomic E-state index is 13.1. The molecule has 0 aliphatic carbocycles. The minimum absolute atomic E-state index is 0.184. The molecule has 0 saturated carbocycles. The average molecular weight is 402 g/mol. The van der Waals surface area contributed by atoms with E-state index in [1.807, 2.05) is 91.0 Å². The van der Waals surface area contributed by atoms with E-state index >= 15 is 0 Å². The Balaban J connectivity index is 2.11. The molecule has 0 heterocycles. The molecular weight excluding hydrogens is 374 g/mol. The normalized spacial score (nSPS) is 12.3. The Morgan fingerprint density at radius 2 is 1.13 bits per heavy atom. The Labute approximate surface area is 177 Å². The number of aliphatic carboxylic acids is 1. The van der Waals surface area contributed by atoms with Gasteiger partial charge in [0.05, 0.1) is 12.0 Å². The summed E-state index contributed by atoms with van der Waals surface area (Å²) >= 11 is 0. The summed E-state index contributed by atoms with van der Waals surface area (Å²) in [7, 11) is 0. The highest BCUT2D eigenvalue weighted by Crippen LogP contribution is 2.39. The summed E-state index contributed by atoms with van der Waals surface area (Å²) in [6.07, 6.45) is 0.839. The van der Waals surface area contributed by atoms with Crippen molar-refractivity contribution in [3.63, 3.8) is 0 Å². The summed E-state index contributed by atoms with van der Waals surface area (Å²) in [6.45, 7) is -0.184. The first-order valence-electron chi connectivity index (χ1n) is 10.1. The molecule has 0 radical (unpaired) electrons. The quantitative estimate of drug-likeness (QED) is 0.539. The fourth-order valence-corrected chi connectivity index (χ4v) is 4.14. The van der Waals surface area contributed by atoms with E-state index in [4.69, 9.17) is 5.73 Å². The van der Waals surface area contributed by atoms with Gasteiger partial charge in [-0.25, -0.2) is 0 Å². The highest BCUT2D eigenvalue weighted by molar-refractivity contribution is 5.90. The second-order valence-corrected chi connectivity index (χ2v) is 7.70. The van der Waals surface area contributed by atoms with Gasteiger partial charge in [0.2, 0.25) is 0 Å². The van der Waals surface area contributed by atoms with Crippen LogP contribution in [-0.2, 0) is 28.9 Å². The predicted molar refractivity (Wildman–Crippen MR) is 118 cm³/mol. The van der Waals surface area contributed by atoms with Crippen LogP contribution in [0.25, 0.3) is 0 Å². The Kier molecular flexibility index (Phi) is 7.15. The largest absolute Gasteiger partial charge is 0.481 e.